The van der Waals surface area contributed by atoms with Crippen molar-refractivity contribution < 1.29 is 9.26 Å². The van der Waals surface area contributed by atoms with Gasteiger partial charge in [0.05, 0.1) is 19.3 Å². The van der Waals surface area contributed by atoms with Crippen molar-refractivity contribution in [3.05, 3.63) is 39.8 Å². The molecule has 39 heavy (non-hydrogen) atoms. The Morgan fingerprint density at radius 3 is 2.72 bits per heavy atom. The Balaban J connectivity index is 1.61. The Hall–Kier alpha value is -3.24. The predicted molar refractivity (Wildman–Crippen MR) is 150 cm³/mol. The Kier molecular flexibility index (Phi) is 7.16. The summed E-state index contributed by atoms with van der Waals surface area (Å²) in [7, 11) is 0. The van der Waals surface area contributed by atoms with Gasteiger partial charge in [0, 0.05) is 23.2 Å². The van der Waals surface area contributed by atoms with Crippen molar-refractivity contribution in [1.82, 2.24) is 29.7 Å². The summed E-state index contributed by atoms with van der Waals surface area (Å²) >= 11 is 6.45. The summed E-state index contributed by atoms with van der Waals surface area (Å²) in [6.07, 6.45) is 5.75. The molecule has 1 saturated carbocycles. The molecule has 4 heterocycles. The number of halogens is 1. The van der Waals surface area contributed by atoms with Crippen molar-refractivity contribution in [3.63, 3.8) is 0 Å². The highest BCUT2D eigenvalue weighted by molar-refractivity contribution is 6.30. The first kappa shape index (κ1) is 26.0. The van der Waals surface area contributed by atoms with Crippen molar-refractivity contribution in [2.45, 2.75) is 65.0 Å². The molecule has 0 bridgehead atoms. The van der Waals surface area contributed by atoms with E-state index in [0.29, 0.717) is 35.5 Å². The van der Waals surface area contributed by atoms with Crippen LogP contribution in [-0.2, 0) is 4.74 Å². The lowest BCUT2D eigenvalue weighted by Gasteiger charge is -2.38. The Morgan fingerprint density at radius 2 is 2.00 bits per heavy atom. The van der Waals surface area contributed by atoms with Gasteiger partial charge in [-0.1, -0.05) is 55.6 Å². The fourth-order valence-electron chi connectivity index (χ4n) is 6.08. The lowest BCUT2D eigenvalue weighted by atomic mass is 9.79. The Morgan fingerprint density at radius 1 is 1.18 bits per heavy atom. The summed E-state index contributed by atoms with van der Waals surface area (Å²) < 4.78 is 13.0. The molecule has 6 rings (SSSR count). The van der Waals surface area contributed by atoms with Gasteiger partial charge in [0.1, 0.15) is 11.2 Å². The third-order valence-electron chi connectivity index (χ3n) is 8.38. The molecule has 1 saturated heterocycles. The van der Waals surface area contributed by atoms with Gasteiger partial charge in [-0.05, 0) is 50.2 Å². The van der Waals surface area contributed by atoms with Crippen LogP contribution in [0.1, 0.15) is 58.9 Å². The molecule has 206 valence electrons. The molecule has 2 atom stereocenters. The first-order chi connectivity index (χ1) is 18.9. The molecule has 0 radical (unpaired) electrons. The highest BCUT2D eigenvalue weighted by Gasteiger charge is 2.34. The highest BCUT2D eigenvalue weighted by atomic mass is 35.5. The first-order valence-corrected chi connectivity index (χ1v) is 14.3. The van der Waals surface area contributed by atoms with Crippen LogP contribution in [0.2, 0.25) is 5.02 Å². The van der Waals surface area contributed by atoms with E-state index in [1.807, 2.05) is 24.3 Å². The molecule has 0 spiro atoms. The fourth-order valence-corrected chi connectivity index (χ4v) is 6.27. The number of rotatable bonds is 6. The lowest BCUT2D eigenvalue weighted by Crippen LogP contribution is -2.46. The minimum atomic E-state index is -0.663. The number of imidazole rings is 1. The van der Waals surface area contributed by atoms with E-state index in [1.165, 1.54) is 25.7 Å². The van der Waals surface area contributed by atoms with Gasteiger partial charge in [-0.25, -0.2) is 14.8 Å². The summed E-state index contributed by atoms with van der Waals surface area (Å²) in [6.45, 7) is 8.89. The average Bonchev–Trinajstić information content (AvgIpc) is 3.56. The van der Waals surface area contributed by atoms with E-state index in [4.69, 9.17) is 35.8 Å². The molecule has 0 amide bonds. The van der Waals surface area contributed by atoms with E-state index in [1.54, 1.807) is 0 Å². The predicted octanol–water partition coefficient (Wildman–Crippen LogP) is 5.49. The number of benzene rings is 1. The van der Waals surface area contributed by atoms with Crippen LogP contribution in [0.4, 0.5) is 5.95 Å². The number of morpholine rings is 1. The van der Waals surface area contributed by atoms with E-state index in [2.05, 4.69) is 40.4 Å². The SMILES string of the molecule is CC[C@@H]1COCCN1c1nc2nc(-c3noc(=O)[nH]3)nc(-c3cccc(Cl)c3)c2n1C(C)[C@H]1CC[C@H](C)CC1. The molecule has 2 aliphatic rings. The monoisotopic (exact) mass is 551 g/mol. The minimum Gasteiger partial charge on any atom is -0.377 e. The second kappa shape index (κ2) is 10.7. The number of anilines is 1. The number of nitrogens with one attached hydrogen (secondary N) is 1. The normalized spacial score (nSPS) is 22.9. The smallest absolute Gasteiger partial charge is 0.377 e. The van der Waals surface area contributed by atoms with E-state index in [-0.39, 0.29) is 23.7 Å². The van der Waals surface area contributed by atoms with Crippen molar-refractivity contribution in [3.8, 4) is 22.9 Å². The van der Waals surface area contributed by atoms with Crippen LogP contribution in [0.3, 0.4) is 0 Å². The molecule has 1 aliphatic carbocycles. The van der Waals surface area contributed by atoms with E-state index in [9.17, 15) is 4.79 Å². The number of hydrogen-bond acceptors (Lipinski definition) is 8. The summed E-state index contributed by atoms with van der Waals surface area (Å²) in [5.41, 5.74) is 2.94. The topological polar surface area (TPSA) is 115 Å². The zero-order valence-corrected chi connectivity index (χ0v) is 23.3. The largest absolute Gasteiger partial charge is 0.439 e. The van der Waals surface area contributed by atoms with Gasteiger partial charge in [-0.15, -0.1) is 0 Å². The molecule has 1 aliphatic heterocycles. The highest BCUT2D eigenvalue weighted by Crippen LogP contribution is 2.42. The summed E-state index contributed by atoms with van der Waals surface area (Å²) in [5, 5.41) is 4.46. The Labute approximate surface area is 231 Å². The average molecular weight is 552 g/mol. The molecule has 3 aromatic heterocycles. The number of ether oxygens (including phenoxy) is 1. The molecule has 11 heteroatoms. The van der Waals surface area contributed by atoms with Gasteiger partial charge < -0.3 is 14.2 Å². The van der Waals surface area contributed by atoms with Gasteiger partial charge >= 0.3 is 5.76 Å². The number of aromatic nitrogens is 6. The van der Waals surface area contributed by atoms with Gasteiger partial charge in [0.25, 0.3) is 0 Å². The van der Waals surface area contributed by atoms with Crippen LogP contribution in [0, 0.1) is 11.8 Å². The maximum atomic E-state index is 11.8. The van der Waals surface area contributed by atoms with Crippen LogP contribution in [-0.4, -0.2) is 55.5 Å². The lowest BCUT2D eigenvalue weighted by molar-refractivity contribution is 0.0913. The summed E-state index contributed by atoms with van der Waals surface area (Å²) in [4.78, 5) is 31.6. The molecular formula is C28H34ClN7O3. The number of fused-ring (bicyclic) bond motifs is 1. The molecule has 1 N–H and O–H groups in total. The molecule has 2 fully saturated rings. The zero-order chi connectivity index (χ0) is 27.1. The Bertz CT molecular complexity index is 1520. The van der Waals surface area contributed by atoms with Crippen LogP contribution in [0.15, 0.2) is 33.6 Å². The van der Waals surface area contributed by atoms with Crippen molar-refractivity contribution in [2.24, 2.45) is 11.8 Å². The van der Waals surface area contributed by atoms with Crippen LogP contribution in [0.25, 0.3) is 34.1 Å². The zero-order valence-electron chi connectivity index (χ0n) is 22.6. The van der Waals surface area contributed by atoms with Crippen LogP contribution < -0.4 is 10.7 Å². The van der Waals surface area contributed by atoms with Gasteiger partial charge in [0.2, 0.25) is 17.6 Å². The number of hydrogen-bond donors (Lipinski definition) is 1. The van der Waals surface area contributed by atoms with Crippen molar-refractivity contribution in [2.75, 3.05) is 24.7 Å². The minimum absolute atomic E-state index is 0.161. The van der Waals surface area contributed by atoms with Gasteiger partial charge in [0.15, 0.2) is 5.65 Å². The second-order valence-corrected chi connectivity index (χ2v) is 11.3. The quantitative estimate of drug-likeness (QED) is 0.334. The van der Waals surface area contributed by atoms with E-state index >= 15 is 0 Å². The number of nitrogens with zero attached hydrogens (tertiary/aromatic N) is 6. The van der Waals surface area contributed by atoms with E-state index in [0.717, 1.165) is 35.9 Å². The van der Waals surface area contributed by atoms with Crippen molar-refractivity contribution in [1.29, 1.82) is 0 Å². The molecule has 1 aromatic carbocycles. The van der Waals surface area contributed by atoms with Crippen LogP contribution >= 0.6 is 11.6 Å². The maximum absolute atomic E-state index is 11.8. The standard InChI is InChI=1S/C28H34ClN7O3/c1-4-21-15-38-13-12-35(21)27-32-24-23(36(27)17(3)18-10-8-16(2)9-11-18)22(19-6-5-7-20(29)14-19)30-25(31-24)26-33-28(37)39-34-26/h5-7,14,16-18,21H,4,8-13,15H2,1-3H3,(H,33,34,37)/t16-,17?,18-,21-/m1/s1. The van der Waals surface area contributed by atoms with Crippen molar-refractivity contribution >= 4 is 28.7 Å². The third-order valence-corrected chi connectivity index (χ3v) is 8.62. The second-order valence-electron chi connectivity index (χ2n) is 10.9. The van der Waals surface area contributed by atoms with Gasteiger partial charge in [-0.3, -0.25) is 9.51 Å². The molecule has 1 unspecified atom stereocenters. The van der Waals surface area contributed by atoms with E-state index < -0.39 is 5.76 Å². The maximum Gasteiger partial charge on any atom is 0.439 e. The summed E-state index contributed by atoms with van der Waals surface area (Å²) in [5.74, 6) is 1.89. The number of H-pyrrole nitrogens is 1. The third kappa shape index (κ3) is 4.96. The summed E-state index contributed by atoms with van der Waals surface area (Å²) in [6, 6.07) is 8.02. The fraction of sp³-hybridized carbons (Fsp3) is 0.536. The number of aromatic amines is 1. The van der Waals surface area contributed by atoms with Gasteiger partial charge in [-0.2, -0.15) is 4.98 Å². The molecule has 4 aromatic rings. The first-order valence-electron chi connectivity index (χ1n) is 13.9. The molecule has 10 nitrogen and oxygen atoms in total. The van der Waals surface area contributed by atoms with Crippen LogP contribution in [0.5, 0.6) is 0 Å². The molecular weight excluding hydrogens is 518 g/mol.